The van der Waals surface area contributed by atoms with E-state index in [2.05, 4.69) is 9.97 Å². The summed E-state index contributed by atoms with van der Waals surface area (Å²) in [4.78, 5) is 7.59. The van der Waals surface area contributed by atoms with Crippen LogP contribution in [0.15, 0.2) is 0 Å². The molecule has 0 saturated carbocycles. The van der Waals surface area contributed by atoms with Crippen molar-refractivity contribution in [1.82, 2.24) is 9.97 Å². The van der Waals surface area contributed by atoms with Gasteiger partial charge in [-0.15, -0.1) is 0 Å². The molecule has 1 fully saturated rings. The van der Waals surface area contributed by atoms with Gasteiger partial charge in [0.15, 0.2) is 0 Å². The highest BCUT2D eigenvalue weighted by molar-refractivity contribution is 5.21. The number of halogens is 3. The highest BCUT2D eigenvalue weighted by Gasteiger charge is 2.42. The minimum absolute atomic E-state index is 0.0367. The minimum Gasteiger partial charge on any atom is -0.378 e. The van der Waals surface area contributed by atoms with Crippen LogP contribution in [0.25, 0.3) is 0 Å². The van der Waals surface area contributed by atoms with E-state index in [0.717, 1.165) is 17.9 Å². The van der Waals surface area contributed by atoms with Crippen LogP contribution in [0.4, 0.5) is 13.2 Å². The monoisotopic (exact) mass is 274 g/mol. The molecule has 1 aromatic heterocycles. The first-order valence-corrected chi connectivity index (χ1v) is 6.69. The number of hydrogen-bond acceptors (Lipinski definition) is 2. The highest BCUT2D eigenvalue weighted by Crippen LogP contribution is 2.37. The van der Waals surface area contributed by atoms with Gasteiger partial charge in [0.2, 0.25) is 0 Å². The van der Waals surface area contributed by atoms with Crippen LogP contribution < -0.4 is 0 Å². The molecule has 0 radical (unpaired) electrons. The summed E-state index contributed by atoms with van der Waals surface area (Å²) in [6.45, 7) is 2.61. The summed E-state index contributed by atoms with van der Waals surface area (Å²) in [5, 5.41) is 0. The molecule has 3 rings (SSSR count). The topological polar surface area (TPSA) is 37.9 Å². The number of rotatable bonds is 1. The molecule has 2 heterocycles. The van der Waals surface area contributed by atoms with Crippen LogP contribution in [0.2, 0.25) is 0 Å². The molecule has 2 aliphatic rings. The van der Waals surface area contributed by atoms with E-state index >= 15 is 0 Å². The van der Waals surface area contributed by atoms with Crippen LogP contribution in [0.3, 0.4) is 0 Å². The Bertz CT molecular complexity index is 469. The predicted molar refractivity (Wildman–Crippen MR) is 62.9 cm³/mol. The fourth-order valence-corrected chi connectivity index (χ4v) is 2.98. The second kappa shape index (κ2) is 4.51. The largest absolute Gasteiger partial charge is 0.392 e. The highest BCUT2D eigenvalue weighted by atomic mass is 19.4. The third-order valence-corrected chi connectivity index (χ3v) is 4.11. The van der Waals surface area contributed by atoms with Crippen molar-refractivity contribution in [2.24, 2.45) is 5.92 Å². The molecule has 1 saturated heterocycles. The van der Waals surface area contributed by atoms with Gasteiger partial charge in [0, 0.05) is 18.0 Å². The molecule has 3 unspecified atom stereocenters. The summed E-state index contributed by atoms with van der Waals surface area (Å²) in [6.07, 6.45) is -2.41. The molecule has 1 N–H and O–H groups in total. The van der Waals surface area contributed by atoms with E-state index in [1.807, 2.05) is 6.92 Å². The van der Waals surface area contributed by atoms with Crippen LogP contribution in [0, 0.1) is 5.92 Å². The molecule has 0 spiro atoms. The van der Waals surface area contributed by atoms with Crippen molar-refractivity contribution in [1.29, 1.82) is 0 Å². The van der Waals surface area contributed by atoms with Gasteiger partial charge in [-0.1, -0.05) is 0 Å². The number of nitrogens with one attached hydrogen (secondary N) is 1. The number of ether oxygens (including phenoxy) is 1. The summed E-state index contributed by atoms with van der Waals surface area (Å²) in [7, 11) is 0. The second-order valence-electron chi connectivity index (χ2n) is 5.61. The fraction of sp³-hybridized carbons (Fsp3) is 0.769. The lowest BCUT2D eigenvalue weighted by atomic mass is 9.89. The number of nitrogens with zero attached hydrogens (tertiary/aromatic N) is 1. The van der Waals surface area contributed by atoms with Crippen molar-refractivity contribution in [3.63, 3.8) is 0 Å². The van der Waals surface area contributed by atoms with Crippen molar-refractivity contribution in [2.45, 2.75) is 50.8 Å². The number of aromatic nitrogens is 2. The number of aromatic amines is 1. The van der Waals surface area contributed by atoms with Crippen LogP contribution in [0.5, 0.6) is 0 Å². The SMILES string of the molecule is CC1CC(c2nc3c([nH]2)CC(C(F)(F)F)CC3)CO1. The van der Waals surface area contributed by atoms with Crippen molar-refractivity contribution >= 4 is 0 Å². The van der Waals surface area contributed by atoms with E-state index in [0.29, 0.717) is 18.7 Å². The zero-order chi connectivity index (χ0) is 13.6. The van der Waals surface area contributed by atoms with E-state index in [1.54, 1.807) is 0 Å². The molecular weight excluding hydrogens is 257 g/mol. The van der Waals surface area contributed by atoms with Gasteiger partial charge in [-0.05, 0) is 26.2 Å². The molecule has 3 nitrogen and oxygen atoms in total. The number of imidazole rings is 1. The zero-order valence-corrected chi connectivity index (χ0v) is 10.8. The zero-order valence-electron chi connectivity index (χ0n) is 10.8. The van der Waals surface area contributed by atoms with Gasteiger partial charge >= 0.3 is 6.18 Å². The van der Waals surface area contributed by atoms with Crippen LogP contribution in [0.1, 0.15) is 42.9 Å². The Hall–Kier alpha value is -1.04. The Morgan fingerprint density at radius 2 is 2.16 bits per heavy atom. The van der Waals surface area contributed by atoms with Gasteiger partial charge in [0.25, 0.3) is 0 Å². The second-order valence-corrected chi connectivity index (χ2v) is 5.61. The molecule has 1 aromatic rings. The summed E-state index contributed by atoms with van der Waals surface area (Å²) < 4.78 is 43.7. The molecule has 6 heteroatoms. The van der Waals surface area contributed by atoms with Crippen molar-refractivity contribution in [2.75, 3.05) is 6.61 Å². The van der Waals surface area contributed by atoms with E-state index < -0.39 is 12.1 Å². The van der Waals surface area contributed by atoms with Gasteiger partial charge < -0.3 is 9.72 Å². The Morgan fingerprint density at radius 3 is 2.79 bits per heavy atom. The first-order chi connectivity index (χ1) is 8.93. The van der Waals surface area contributed by atoms with E-state index in [-0.39, 0.29) is 24.9 Å². The van der Waals surface area contributed by atoms with E-state index in [1.165, 1.54) is 0 Å². The number of aryl methyl sites for hydroxylation is 1. The standard InChI is InChI=1S/C13H17F3N2O/c1-7-4-8(6-19-7)12-17-10-3-2-9(13(14,15)16)5-11(10)18-12/h7-9H,2-6H2,1H3,(H,17,18). The molecule has 3 atom stereocenters. The fourth-order valence-electron chi connectivity index (χ4n) is 2.98. The van der Waals surface area contributed by atoms with Gasteiger partial charge in [0.05, 0.1) is 24.3 Å². The molecule has 0 aromatic carbocycles. The molecule has 0 bridgehead atoms. The first-order valence-electron chi connectivity index (χ1n) is 6.69. The van der Waals surface area contributed by atoms with E-state index in [9.17, 15) is 13.2 Å². The quantitative estimate of drug-likeness (QED) is 0.855. The average molecular weight is 274 g/mol. The number of hydrogen-bond donors (Lipinski definition) is 1. The van der Waals surface area contributed by atoms with Gasteiger partial charge in [-0.3, -0.25) is 0 Å². The lowest BCUT2D eigenvalue weighted by Crippen LogP contribution is -2.28. The maximum Gasteiger partial charge on any atom is 0.392 e. The number of fused-ring (bicyclic) bond motifs is 1. The molecule has 1 aliphatic heterocycles. The Labute approximate surface area is 109 Å². The third-order valence-electron chi connectivity index (χ3n) is 4.11. The summed E-state index contributed by atoms with van der Waals surface area (Å²) in [5.74, 6) is -0.228. The third kappa shape index (κ3) is 2.50. The van der Waals surface area contributed by atoms with Crippen LogP contribution >= 0.6 is 0 Å². The van der Waals surface area contributed by atoms with Gasteiger partial charge in [-0.25, -0.2) is 4.98 Å². The molecular formula is C13H17F3N2O. The summed E-state index contributed by atoms with van der Waals surface area (Å²) in [6, 6.07) is 0. The molecule has 0 amide bonds. The maximum atomic E-state index is 12.7. The van der Waals surface area contributed by atoms with Gasteiger partial charge in [-0.2, -0.15) is 13.2 Å². The van der Waals surface area contributed by atoms with Crippen molar-refractivity contribution < 1.29 is 17.9 Å². The lowest BCUT2D eigenvalue weighted by molar-refractivity contribution is -0.177. The maximum absolute atomic E-state index is 12.7. The first kappa shape index (κ1) is 13.0. The van der Waals surface area contributed by atoms with Crippen molar-refractivity contribution in [3.8, 4) is 0 Å². The van der Waals surface area contributed by atoms with E-state index in [4.69, 9.17) is 4.74 Å². The molecule has 106 valence electrons. The Kier molecular flexibility index (Phi) is 3.08. The van der Waals surface area contributed by atoms with Gasteiger partial charge in [0.1, 0.15) is 5.82 Å². The molecule has 1 aliphatic carbocycles. The predicted octanol–water partition coefficient (Wildman–Crippen LogP) is 2.97. The Balaban J connectivity index is 1.77. The smallest absolute Gasteiger partial charge is 0.378 e. The number of alkyl halides is 3. The minimum atomic E-state index is -4.10. The Morgan fingerprint density at radius 1 is 1.37 bits per heavy atom. The van der Waals surface area contributed by atoms with Crippen molar-refractivity contribution in [3.05, 3.63) is 17.2 Å². The average Bonchev–Trinajstić information content (AvgIpc) is 2.92. The van der Waals surface area contributed by atoms with Crippen LogP contribution in [-0.4, -0.2) is 28.9 Å². The normalized spacial score (nSPS) is 31.5. The number of H-pyrrole nitrogens is 1. The lowest BCUT2D eigenvalue weighted by Gasteiger charge is -2.23. The van der Waals surface area contributed by atoms with Crippen LogP contribution in [-0.2, 0) is 17.6 Å². The summed E-state index contributed by atoms with van der Waals surface area (Å²) in [5.41, 5.74) is 1.48. The summed E-state index contributed by atoms with van der Waals surface area (Å²) >= 11 is 0. The molecule has 19 heavy (non-hydrogen) atoms.